The molecule has 1 unspecified atom stereocenters. The molecule has 1 aliphatic heterocycles. The van der Waals surface area contributed by atoms with Crippen LogP contribution in [0.15, 0.2) is 24.3 Å². The molecule has 3 rings (SSSR count). The predicted molar refractivity (Wildman–Crippen MR) is 129 cm³/mol. The average molecular weight is 456 g/mol. The lowest BCUT2D eigenvalue weighted by atomic mass is 9.86. The van der Waals surface area contributed by atoms with E-state index in [0.717, 1.165) is 42.3 Å². The first-order chi connectivity index (χ1) is 15.5. The summed E-state index contributed by atoms with van der Waals surface area (Å²) in [6.07, 6.45) is 1.06. The second kappa shape index (κ2) is 9.95. The van der Waals surface area contributed by atoms with E-state index in [-0.39, 0.29) is 17.9 Å². The van der Waals surface area contributed by atoms with Crippen molar-refractivity contribution in [2.75, 3.05) is 20.6 Å². The molecule has 0 spiro atoms. The van der Waals surface area contributed by atoms with Crippen molar-refractivity contribution in [1.29, 1.82) is 0 Å². The zero-order valence-electron chi connectivity index (χ0n) is 20.9. The van der Waals surface area contributed by atoms with Crippen LogP contribution in [0, 0.1) is 5.41 Å². The molecule has 2 aromatic rings. The summed E-state index contributed by atoms with van der Waals surface area (Å²) in [5, 5.41) is 5.60. The molecule has 0 fully saturated rings. The Hall–Kier alpha value is -2.87. The number of nitrogens with zero attached hydrogens (tertiary/aromatic N) is 3. The van der Waals surface area contributed by atoms with Gasteiger partial charge in [-0.2, -0.15) is 0 Å². The van der Waals surface area contributed by atoms with Crippen molar-refractivity contribution in [1.82, 2.24) is 25.1 Å². The van der Waals surface area contributed by atoms with Crippen molar-refractivity contribution < 1.29 is 14.3 Å². The molecule has 1 atom stereocenters. The lowest BCUT2D eigenvalue weighted by Gasteiger charge is -2.29. The predicted octanol–water partition coefficient (Wildman–Crippen LogP) is 3.06. The van der Waals surface area contributed by atoms with E-state index in [1.54, 1.807) is 7.05 Å². The number of carbonyl (C=O) groups is 2. The number of likely N-dealkylation sites (N-methyl/N-ethyl adjacent to an activating group) is 1. The Bertz CT molecular complexity index is 989. The minimum Gasteiger partial charge on any atom is -0.491 e. The molecule has 0 aliphatic carbocycles. The van der Waals surface area contributed by atoms with Gasteiger partial charge in [-0.05, 0) is 63.5 Å². The second-order valence-corrected chi connectivity index (χ2v) is 10.1. The van der Waals surface area contributed by atoms with Gasteiger partial charge in [0, 0.05) is 25.7 Å². The first-order valence-corrected chi connectivity index (χ1v) is 11.6. The zero-order chi connectivity index (χ0) is 24.3. The number of nitrogens with one attached hydrogen (secondary N) is 2. The molecule has 1 aromatic carbocycles. The Kier molecular flexibility index (Phi) is 7.47. The smallest absolute Gasteiger partial charge is 0.272 e. The topological polar surface area (TPSA) is 88.5 Å². The number of benzene rings is 1. The van der Waals surface area contributed by atoms with Gasteiger partial charge in [0.2, 0.25) is 5.91 Å². The molecule has 180 valence electrons. The van der Waals surface area contributed by atoms with Gasteiger partial charge < -0.3 is 24.8 Å². The van der Waals surface area contributed by atoms with Crippen LogP contribution in [0.25, 0.3) is 11.4 Å². The highest BCUT2D eigenvalue weighted by molar-refractivity contribution is 5.97. The summed E-state index contributed by atoms with van der Waals surface area (Å²) >= 11 is 0. The molecule has 0 saturated heterocycles. The standard InChI is InChI=1S/C25H37N5O3/c1-16(2)33-18-11-9-17(10-12-18)22-27-20(19-15-29(7)13-8-14-30(19)22)23(31)28-21(24(32)26-6)25(3,4)5/h9-12,16,21H,8,13-15H2,1-7H3,(H,26,32)(H,28,31). The molecule has 0 bridgehead atoms. The van der Waals surface area contributed by atoms with E-state index in [1.165, 1.54) is 0 Å². The van der Waals surface area contributed by atoms with Gasteiger partial charge in [-0.3, -0.25) is 9.59 Å². The van der Waals surface area contributed by atoms with Gasteiger partial charge in [-0.15, -0.1) is 0 Å². The summed E-state index contributed by atoms with van der Waals surface area (Å²) < 4.78 is 7.91. The van der Waals surface area contributed by atoms with Crippen LogP contribution >= 0.6 is 0 Å². The normalized spacial score (nSPS) is 15.5. The minimum atomic E-state index is -0.674. The van der Waals surface area contributed by atoms with E-state index >= 15 is 0 Å². The molecule has 0 saturated carbocycles. The number of aromatic nitrogens is 2. The van der Waals surface area contributed by atoms with Crippen LogP contribution in [0.5, 0.6) is 5.75 Å². The lowest BCUT2D eigenvalue weighted by Crippen LogP contribution is -2.53. The van der Waals surface area contributed by atoms with Crippen LogP contribution in [-0.4, -0.2) is 59.1 Å². The van der Waals surface area contributed by atoms with Crippen LogP contribution < -0.4 is 15.4 Å². The minimum absolute atomic E-state index is 0.0977. The molecule has 2 heterocycles. The van der Waals surface area contributed by atoms with E-state index in [2.05, 4.69) is 20.1 Å². The van der Waals surface area contributed by atoms with E-state index in [1.807, 2.05) is 65.9 Å². The Balaban J connectivity index is 2.01. The Morgan fingerprint density at radius 1 is 1.12 bits per heavy atom. The van der Waals surface area contributed by atoms with E-state index in [9.17, 15) is 9.59 Å². The third kappa shape index (κ3) is 5.74. The Morgan fingerprint density at radius 2 is 1.79 bits per heavy atom. The van der Waals surface area contributed by atoms with Gasteiger partial charge in [-0.1, -0.05) is 20.8 Å². The number of amides is 2. The van der Waals surface area contributed by atoms with Crippen molar-refractivity contribution >= 4 is 11.8 Å². The largest absolute Gasteiger partial charge is 0.491 e. The summed E-state index contributed by atoms with van der Waals surface area (Å²) in [6, 6.07) is 7.14. The van der Waals surface area contributed by atoms with Gasteiger partial charge >= 0.3 is 0 Å². The molecular weight excluding hydrogens is 418 g/mol. The first kappa shape index (κ1) is 24.8. The zero-order valence-corrected chi connectivity index (χ0v) is 20.9. The molecule has 1 aliphatic rings. The Morgan fingerprint density at radius 3 is 2.36 bits per heavy atom. The number of carbonyl (C=O) groups excluding carboxylic acids is 2. The molecule has 8 heteroatoms. The molecule has 2 N–H and O–H groups in total. The summed E-state index contributed by atoms with van der Waals surface area (Å²) in [6.45, 7) is 12.1. The fraction of sp³-hybridized carbons (Fsp3) is 0.560. The van der Waals surface area contributed by atoms with Crippen molar-refractivity contribution in [2.45, 2.75) is 66.3 Å². The summed E-state index contributed by atoms with van der Waals surface area (Å²) in [7, 11) is 3.63. The lowest BCUT2D eigenvalue weighted by molar-refractivity contribution is -0.124. The van der Waals surface area contributed by atoms with Gasteiger partial charge in [0.1, 0.15) is 17.6 Å². The maximum absolute atomic E-state index is 13.4. The highest BCUT2D eigenvalue weighted by Gasteiger charge is 2.34. The maximum atomic E-state index is 13.4. The highest BCUT2D eigenvalue weighted by Crippen LogP contribution is 2.28. The number of imidazole rings is 1. The fourth-order valence-electron chi connectivity index (χ4n) is 4.10. The van der Waals surface area contributed by atoms with Crippen molar-refractivity contribution in [3.8, 4) is 17.1 Å². The molecule has 8 nitrogen and oxygen atoms in total. The van der Waals surface area contributed by atoms with Crippen LogP contribution in [0.1, 0.15) is 57.2 Å². The van der Waals surface area contributed by atoms with Gasteiger partial charge in [0.25, 0.3) is 5.91 Å². The van der Waals surface area contributed by atoms with E-state index in [4.69, 9.17) is 9.72 Å². The van der Waals surface area contributed by atoms with Crippen molar-refractivity contribution in [3.05, 3.63) is 35.7 Å². The number of ether oxygens (including phenoxy) is 1. The molecular formula is C25H37N5O3. The maximum Gasteiger partial charge on any atom is 0.272 e. The molecule has 33 heavy (non-hydrogen) atoms. The van der Waals surface area contributed by atoms with Gasteiger partial charge in [0.05, 0.1) is 11.8 Å². The van der Waals surface area contributed by atoms with Gasteiger partial charge in [0.15, 0.2) is 5.69 Å². The summed E-state index contributed by atoms with van der Waals surface area (Å²) in [5.74, 6) is 1.00. The monoisotopic (exact) mass is 455 g/mol. The van der Waals surface area contributed by atoms with Crippen LogP contribution in [0.3, 0.4) is 0 Å². The molecule has 2 amide bonds. The number of rotatable bonds is 6. The summed E-state index contributed by atoms with van der Waals surface area (Å²) in [5.41, 5.74) is 1.72. The highest BCUT2D eigenvalue weighted by atomic mass is 16.5. The third-order valence-electron chi connectivity index (χ3n) is 5.76. The number of fused-ring (bicyclic) bond motifs is 1. The fourth-order valence-corrected chi connectivity index (χ4v) is 4.10. The van der Waals surface area contributed by atoms with Crippen LogP contribution in [-0.2, 0) is 17.9 Å². The molecule has 1 aromatic heterocycles. The van der Waals surface area contributed by atoms with Crippen molar-refractivity contribution in [2.24, 2.45) is 5.41 Å². The first-order valence-electron chi connectivity index (χ1n) is 11.6. The summed E-state index contributed by atoms with van der Waals surface area (Å²) in [4.78, 5) is 32.9. The van der Waals surface area contributed by atoms with Gasteiger partial charge in [-0.25, -0.2) is 4.98 Å². The third-order valence-corrected chi connectivity index (χ3v) is 5.76. The Labute approximate surface area is 196 Å². The van der Waals surface area contributed by atoms with Crippen molar-refractivity contribution in [3.63, 3.8) is 0 Å². The number of hydrogen-bond donors (Lipinski definition) is 2. The second-order valence-electron chi connectivity index (χ2n) is 10.1. The molecule has 0 radical (unpaired) electrons. The number of hydrogen-bond acceptors (Lipinski definition) is 5. The SMILES string of the molecule is CNC(=O)C(NC(=O)c1nc(-c2ccc(OC(C)C)cc2)n2c1CN(C)CCC2)C(C)(C)C. The van der Waals surface area contributed by atoms with E-state index in [0.29, 0.717) is 12.2 Å². The average Bonchev–Trinajstić information content (AvgIpc) is 2.97. The quantitative estimate of drug-likeness (QED) is 0.699. The van der Waals surface area contributed by atoms with Crippen LogP contribution in [0.4, 0.5) is 0 Å². The van der Waals surface area contributed by atoms with E-state index < -0.39 is 11.5 Å². The van der Waals surface area contributed by atoms with Crippen LogP contribution in [0.2, 0.25) is 0 Å².